The molecule has 2 nitrogen and oxygen atoms in total. The maximum Gasteiger partial charge on any atom is 0.122 e. The Bertz CT molecular complexity index is 418. The molecule has 1 aromatic carbocycles. The van der Waals surface area contributed by atoms with Gasteiger partial charge in [0.2, 0.25) is 0 Å². The molecule has 0 radical (unpaired) electrons. The third-order valence-corrected chi connectivity index (χ3v) is 4.39. The third-order valence-electron chi connectivity index (χ3n) is 4.39. The highest BCUT2D eigenvalue weighted by Crippen LogP contribution is 2.25. The number of hydrogen-bond acceptors (Lipinski definition) is 2. The largest absolute Gasteiger partial charge is 0.493 e. The van der Waals surface area contributed by atoms with E-state index < -0.39 is 0 Å². The summed E-state index contributed by atoms with van der Waals surface area (Å²) in [5.41, 5.74) is 3.94. The Kier molecular flexibility index (Phi) is 4.87. The van der Waals surface area contributed by atoms with Crippen LogP contribution in [0.2, 0.25) is 0 Å². The van der Waals surface area contributed by atoms with Gasteiger partial charge in [0.25, 0.3) is 0 Å². The third kappa shape index (κ3) is 3.73. The topological polar surface area (TPSA) is 18.5 Å². The Morgan fingerprint density at radius 3 is 2.63 bits per heavy atom. The van der Waals surface area contributed by atoms with Crippen LogP contribution in [0.15, 0.2) is 12.1 Å². The first-order valence-electron chi connectivity index (χ1n) is 7.39. The molecule has 1 heterocycles. The number of aryl methyl sites for hydroxylation is 1. The highest BCUT2D eigenvalue weighted by molar-refractivity contribution is 5.42. The van der Waals surface area contributed by atoms with Crippen LogP contribution in [0.3, 0.4) is 0 Å². The van der Waals surface area contributed by atoms with Crippen molar-refractivity contribution in [2.45, 2.75) is 53.1 Å². The van der Waals surface area contributed by atoms with Gasteiger partial charge in [0, 0.05) is 6.61 Å². The first-order valence-corrected chi connectivity index (χ1v) is 7.39. The van der Waals surface area contributed by atoms with E-state index in [1.54, 1.807) is 0 Å². The zero-order valence-electron chi connectivity index (χ0n) is 12.7. The van der Waals surface area contributed by atoms with E-state index in [0.717, 1.165) is 25.4 Å². The summed E-state index contributed by atoms with van der Waals surface area (Å²) in [5, 5.41) is 0. The van der Waals surface area contributed by atoms with Gasteiger partial charge in [0.1, 0.15) is 5.75 Å². The summed E-state index contributed by atoms with van der Waals surface area (Å²) in [6.07, 6.45) is 4.00. The smallest absolute Gasteiger partial charge is 0.122 e. The van der Waals surface area contributed by atoms with Gasteiger partial charge in [-0.2, -0.15) is 0 Å². The SMILES string of the molecule is Cc1ccc(OCCC2CCC(C)OC2)c(C)c1C. The van der Waals surface area contributed by atoms with E-state index in [1.807, 2.05) is 0 Å². The van der Waals surface area contributed by atoms with Crippen molar-refractivity contribution < 1.29 is 9.47 Å². The second-order valence-corrected chi connectivity index (χ2v) is 5.86. The molecule has 1 aliphatic heterocycles. The van der Waals surface area contributed by atoms with Crippen LogP contribution in [-0.2, 0) is 4.74 Å². The maximum absolute atomic E-state index is 5.95. The van der Waals surface area contributed by atoms with Crippen LogP contribution in [-0.4, -0.2) is 19.3 Å². The lowest BCUT2D eigenvalue weighted by Gasteiger charge is -2.26. The Morgan fingerprint density at radius 1 is 1.16 bits per heavy atom. The summed E-state index contributed by atoms with van der Waals surface area (Å²) in [4.78, 5) is 0. The van der Waals surface area contributed by atoms with E-state index in [1.165, 1.54) is 29.5 Å². The van der Waals surface area contributed by atoms with Crippen molar-refractivity contribution in [3.05, 3.63) is 28.8 Å². The van der Waals surface area contributed by atoms with Crippen molar-refractivity contribution in [2.24, 2.45) is 5.92 Å². The fraction of sp³-hybridized carbons (Fsp3) is 0.647. The van der Waals surface area contributed by atoms with Crippen LogP contribution in [0.1, 0.15) is 42.9 Å². The van der Waals surface area contributed by atoms with Gasteiger partial charge < -0.3 is 9.47 Å². The van der Waals surface area contributed by atoms with Crippen LogP contribution < -0.4 is 4.74 Å². The minimum absolute atomic E-state index is 0.444. The molecule has 106 valence electrons. The molecule has 1 fully saturated rings. The van der Waals surface area contributed by atoms with Gasteiger partial charge in [-0.05, 0) is 75.6 Å². The Balaban J connectivity index is 1.81. The highest BCUT2D eigenvalue weighted by Gasteiger charge is 2.18. The quantitative estimate of drug-likeness (QED) is 0.809. The van der Waals surface area contributed by atoms with E-state index in [9.17, 15) is 0 Å². The molecule has 0 saturated carbocycles. The molecule has 19 heavy (non-hydrogen) atoms. The molecule has 2 unspecified atom stereocenters. The molecule has 0 aliphatic carbocycles. The lowest BCUT2D eigenvalue weighted by Crippen LogP contribution is -2.24. The van der Waals surface area contributed by atoms with Crippen molar-refractivity contribution in [3.8, 4) is 5.75 Å². The molecule has 1 saturated heterocycles. The lowest BCUT2D eigenvalue weighted by molar-refractivity contribution is -0.0102. The summed E-state index contributed by atoms with van der Waals surface area (Å²) >= 11 is 0. The van der Waals surface area contributed by atoms with Crippen molar-refractivity contribution in [2.75, 3.05) is 13.2 Å². The molecule has 1 aliphatic rings. The zero-order valence-corrected chi connectivity index (χ0v) is 12.7. The second-order valence-electron chi connectivity index (χ2n) is 5.86. The predicted molar refractivity (Wildman–Crippen MR) is 78.9 cm³/mol. The van der Waals surface area contributed by atoms with Crippen LogP contribution in [0.5, 0.6) is 5.75 Å². The molecular formula is C17H26O2. The summed E-state index contributed by atoms with van der Waals surface area (Å²) < 4.78 is 11.6. The van der Waals surface area contributed by atoms with Crippen molar-refractivity contribution in [3.63, 3.8) is 0 Å². The predicted octanol–water partition coefficient (Wildman–Crippen LogP) is 4.20. The molecule has 0 spiro atoms. The van der Waals surface area contributed by atoms with E-state index in [4.69, 9.17) is 9.47 Å². The minimum atomic E-state index is 0.444. The molecule has 2 atom stereocenters. The van der Waals surface area contributed by atoms with E-state index in [0.29, 0.717) is 12.0 Å². The van der Waals surface area contributed by atoms with Crippen molar-refractivity contribution in [1.82, 2.24) is 0 Å². The van der Waals surface area contributed by atoms with Gasteiger partial charge in [-0.3, -0.25) is 0 Å². The van der Waals surface area contributed by atoms with Gasteiger partial charge in [-0.1, -0.05) is 6.07 Å². The standard InChI is InChI=1S/C17H26O2/c1-12-5-8-17(15(4)14(12)3)18-10-9-16-7-6-13(2)19-11-16/h5,8,13,16H,6-7,9-11H2,1-4H3. The fourth-order valence-electron chi connectivity index (χ4n) is 2.59. The summed E-state index contributed by atoms with van der Waals surface area (Å²) in [6.45, 7) is 10.3. The van der Waals surface area contributed by atoms with Crippen LogP contribution in [0, 0.1) is 26.7 Å². The van der Waals surface area contributed by atoms with Gasteiger partial charge in [-0.25, -0.2) is 0 Å². The van der Waals surface area contributed by atoms with Crippen LogP contribution >= 0.6 is 0 Å². The molecule has 0 amide bonds. The van der Waals surface area contributed by atoms with Crippen molar-refractivity contribution in [1.29, 1.82) is 0 Å². The molecular weight excluding hydrogens is 236 g/mol. The minimum Gasteiger partial charge on any atom is -0.493 e. The molecule has 0 aromatic heterocycles. The number of rotatable bonds is 4. The molecule has 0 N–H and O–H groups in total. The van der Waals surface area contributed by atoms with E-state index in [-0.39, 0.29) is 0 Å². The van der Waals surface area contributed by atoms with Gasteiger partial charge in [0.05, 0.1) is 12.7 Å². The van der Waals surface area contributed by atoms with Crippen molar-refractivity contribution >= 4 is 0 Å². The lowest BCUT2D eigenvalue weighted by atomic mass is 9.96. The molecule has 2 rings (SSSR count). The Hall–Kier alpha value is -1.02. The zero-order chi connectivity index (χ0) is 13.8. The highest BCUT2D eigenvalue weighted by atomic mass is 16.5. The van der Waals surface area contributed by atoms with Crippen LogP contribution in [0.25, 0.3) is 0 Å². The maximum atomic E-state index is 5.95. The molecule has 0 bridgehead atoms. The second kappa shape index (κ2) is 6.42. The summed E-state index contributed by atoms with van der Waals surface area (Å²) in [5.74, 6) is 1.70. The molecule has 1 aromatic rings. The Morgan fingerprint density at radius 2 is 1.95 bits per heavy atom. The first kappa shape index (κ1) is 14.4. The van der Waals surface area contributed by atoms with Gasteiger partial charge >= 0.3 is 0 Å². The number of ether oxygens (including phenoxy) is 2. The summed E-state index contributed by atoms with van der Waals surface area (Å²) in [7, 11) is 0. The first-order chi connectivity index (χ1) is 9.08. The molecule has 2 heteroatoms. The average Bonchev–Trinajstić information content (AvgIpc) is 2.41. The summed E-state index contributed by atoms with van der Waals surface area (Å²) in [6, 6.07) is 4.24. The monoisotopic (exact) mass is 262 g/mol. The number of hydrogen-bond donors (Lipinski definition) is 0. The Labute approximate surface area is 117 Å². The normalized spacial score (nSPS) is 23.4. The van der Waals surface area contributed by atoms with Crippen LogP contribution in [0.4, 0.5) is 0 Å². The van der Waals surface area contributed by atoms with E-state index >= 15 is 0 Å². The fourth-order valence-corrected chi connectivity index (χ4v) is 2.59. The van der Waals surface area contributed by atoms with Gasteiger partial charge in [0.15, 0.2) is 0 Å². The average molecular weight is 262 g/mol. The van der Waals surface area contributed by atoms with Gasteiger partial charge in [-0.15, -0.1) is 0 Å². The number of benzene rings is 1. The van der Waals surface area contributed by atoms with E-state index in [2.05, 4.69) is 39.8 Å².